The predicted molar refractivity (Wildman–Crippen MR) is 119 cm³/mol. The van der Waals surface area contributed by atoms with Crippen LogP contribution in [0.25, 0.3) is 0 Å². The monoisotopic (exact) mass is 439 g/mol. The average Bonchev–Trinajstić information content (AvgIpc) is 3.34. The van der Waals surface area contributed by atoms with Crippen molar-refractivity contribution in [2.75, 3.05) is 43.5 Å². The van der Waals surface area contributed by atoms with E-state index in [0.717, 1.165) is 18.8 Å². The average molecular weight is 440 g/mol. The number of benzene rings is 2. The van der Waals surface area contributed by atoms with E-state index in [4.69, 9.17) is 20.8 Å². The predicted octanol–water partition coefficient (Wildman–Crippen LogP) is 4.16. The number of piperazine rings is 1. The number of nitrogens with one attached hydrogen (secondary N) is 1. The number of furan rings is 1. The van der Waals surface area contributed by atoms with Crippen LogP contribution in [-0.2, 0) is 0 Å². The van der Waals surface area contributed by atoms with Gasteiger partial charge in [0.25, 0.3) is 11.8 Å². The summed E-state index contributed by atoms with van der Waals surface area (Å²) in [6.07, 6.45) is 1.51. The maximum Gasteiger partial charge on any atom is 0.289 e. The molecule has 0 bridgehead atoms. The molecule has 1 N–H and O–H groups in total. The highest BCUT2D eigenvalue weighted by Crippen LogP contribution is 2.25. The maximum atomic E-state index is 12.6. The van der Waals surface area contributed by atoms with Crippen LogP contribution in [0.5, 0.6) is 5.75 Å². The van der Waals surface area contributed by atoms with Crippen LogP contribution < -0.4 is 15.0 Å². The van der Waals surface area contributed by atoms with Gasteiger partial charge in [-0.2, -0.15) is 0 Å². The molecular formula is C23H22ClN3O4. The number of ether oxygens (including phenoxy) is 1. The minimum Gasteiger partial charge on any atom is -0.496 e. The smallest absolute Gasteiger partial charge is 0.289 e. The second kappa shape index (κ2) is 9.14. The minimum atomic E-state index is -0.294. The van der Waals surface area contributed by atoms with E-state index in [1.165, 1.54) is 13.4 Å². The molecule has 2 heterocycles. The van der Waals surface area contributed by atoms with Crippen molar-refractivity contribution in [3.8, 4) is 5.75 Å². The second-order valence-electron chi connectivity index (χ2n) is 7.10. The Morgan fingerprint density at radius 2 is 1.77 bits per heavy atom. The molecule has 7 nitrogen and oxygen atoms in total. The number of rotatable bonds is 5. The molecule has 8 heteroatoms. The molecule has 0 aliphatic carbocycles. The molecular weight excluding hydrogens is 418 g/mol. The first kappa shape index (κ1) is 20.8. The standard InChI is InChI=1S/C23H22ClN3O4/c1-30-20-9-4-16(24)15-19(20)22(28)25-17-5-7-18(8-6-17)26-10-12-27(13-11-26)23(29)21-3-2-14-31-21/h2-9,14-15H,10-13H2,1H3,(H,25,28). The van der Waals surface area contributed by atoms with Crippen molar-refractivity contribution in [2.45, 2.75) is 0 Å². The normalized spacial score (nSPS) is 13.7. The molecule has 0 unspecified atom stereocenters. The second-order valence-corrected chi connectivity index (χ2v) is 7.54. The van der Waals surface area contributed by atoms with Gasteiger partial charge < -0.3 is 24.3 Å². The molecule has 1 fully saturated rings. The number of nitrogens with zero attached hydrogens (tertiary/aromatic N) is 2. The van der Waals surface area contributed by atoms with Gasteiger partial charge in [0.05, 0.1) is 18.9 Å². The zero-order chi connectivity index (χ0) is 21.8. The van der Waals surface area contributed by atoms with E-state index in [1.807, 2.05) is 24.3 Å². The van der Waals surface area contributed by atoms with Crippen molar-refractivity contribution in [1.29, 1.82) is 0 Å². The third-order valence-electron chi connectivity index (χ3n) is 5.20. The summed E-state index contributed by atoms with van der Waals surface area (Å²) in [5.74, 6) is 0.446. The lowest BCUT2D eigenvalue weighted by Crippen LogP contribution is -2.48. The molecule has 2 aromatic carbocycles. The lowest BCUT2D eigenvalue weighted by Gasteiger charge is -2.35. The van der Waals surface area contributed by atoms with Gasteiger partial charge in [0.1, 0.15) is 5.75 Å². The molecule has 1 saturated heterocycles. The number of hydrogen-bond donors (Lipinski definition) is 1. The van der Waals surface area contributed by atoms with Crippen LogP contribution in [0.3, 0.4) is 0 Å². The van der Waals surface area contributed by atoms with Gasteiger partial charge in [0.15, 0.2) is 5.76 Å². The van der Waals surface area contributed by atoms with E-state index in [-0.39, 0.29) is 11.8 Å². The molecule has 0 saturated carbocycles. The van der Waals surface area contributed by atoms with E-state index >= 15 is 0 Å². The molecule has 3 aromatic rings. The zero-order valence-corrected chi connectivity index (χ0v) is 17.8. The number of carbonyl (C=O) groups is 2. The maximum absolute atomic E-state index is 12.6. The minimum absolute atomic E-state index is 0.0841. The van der Waals surface area contributed by atoms with Crippen molar-refractivity contribution in [3.05, 3.63) is 77.2 Å². The third kappa shape index (κ3) is 4.67. The van der Waals surface area contributed by atoms with Gasteiger partial charge >= 0.3 is 0 Å². The Bertz CT molecular complexity index is 1060. The molecule has 1 aliphatic rings. The van der Waals surface area contributed by atoms with Crippen LogP contribution in [0.1, 0.15) is 20.9 Å². The summed E-state index contributed by atoms with van der Waals surface area (Å²) in [6, 6.07) is 15.9. The third-order valence-corrected chi connectivity index (χ3v) is 5.43. The Kier molecular flexibility index (Phi) is 6.13. The van der Waals surface area contributed by atoms with Crippen LogP contribution >= 0.6 is 11.6 Å². The van der Waals surface area contributed by atoms with E-state index in [2.05, 4.69) is 10.2 Å². The summed E-state index contributed by atoms with van der Waals surface area (Å²) >= 11 is 6.02. The summed E-state index contributed by atoms with van der Waals surface area (Å²) in [4.78, 5) is 29.0. The number of halogens is 1. The quantitative estimate of drug-likeness (QED) is 0.646. The van der Waals surface area contributed by atoms with Crippen LogP contribution in [0.2, 0.25) is 5.02 Å². The van der Waals surface area contributed by atoms with E-state index in [0.29, 0.717) is 40.9 Å². The summed E-state index contributed by atoms with van der Waals surface area (Å²) in [7, 11) is 1.51. The van der Waals surface area contributed by atoms with Gasteiger partial charge in [0.2, 0.25) is 0 Å². The van der Waals surface area contributed by atoms with Crippen molar-refractivity contribution in [2.24, 2.45) is 0 Å². The highest BCUT2D eigenvalue weighted by molar-refractivity contribution is 6.31. The molecule has 2 amide bonds. The van der Waals surface area contributed by atoms with Gasteiger partial charge in [-0.05, 0) is 54.6 Å². The van der Waals surface area contributed by atoms with Crippen molar-refractivity contribution < 1.29 is 18.7 Å². The SMILES string of the molecule is COc1ccc(Cl)cc1C(=O)Nc1ccc(N2CCN(C(=O)c3ccco3)CC2)cc1. The largest absolute Gasteiger partial charge is 0.496 e. The van der Waals surface area contributed by atoms with Crippen LogP contribution in [0, 0.1) is 0 Å². The summed E-state index contributed by atoms with van der Waals surface area (Å²) in [6.45, 7) is 2.68. The fourth-order valence-corrected chi connectivity index (χ4v) is 3.71. The van der Waals surface area contributed by atoms with Gasteiger partial charge in [-0.15, -0.1) is 0 Å². The zero-order valence-electron chi connectivity index (χ0n) is 17.0. The van der Waals surface area contributed by atoms with Gasteiger partial charge in [0, 0.05) is 42.6 Å². The Hall–Kier alpha value is -3.45. The van der Waals surface area contributed by atoms with Crippen LogP contribution in [0.4, 0.5) is 11.4 Å². The number of carbonyl (C=O) groups excluding carboxylic acids is 2. The molecule has 1 aromatic heterocycles. The lowest BCUT2D eigenvalue weighted by atomic mass is 10.1. The summed E-state index contributed by atoms with van der Waals surface area (Å²) in [5.41, 5.74) is 2.07. The molecule has 31 heavy (non-hydrogen) atoms. The lowest BCUT2D eigenvalue weighted by molar-refractivity contribution is 0.0714. The number of anilines is 2. The fraction of sp³-hybridized carbons (Fsp3) is 0.217. The Morgan fingerprint density at radius 1 is 1.03 bits per heavy atom. The van der Waals surface area contributed by atoms with Crippen molar-refractivity contribution >= 4 is 34.8 Å². The number of amides is 2. The Morgan fingerprint density at radius 3 is 2.42 bits per heavy atom. The first-order valence-corrected chi connectivity index (χ1v) is 10.3. The van der Waals surface area contributed by atoms with E-state index < -0.39 is 0 Å². The Balaban J connectivity index is 1.36. The fourth-order valence-electron chi connectivity index (χ4n) is 3.54. The highest BCUT2D eigenvalue weighted by Gasteiger charge is 2.23. The molecule has 0 spiro atoms. The first-order chi connectivity index (χ1) is 15.0. The Labute approximate surface area is 185 Å². The summed E-state index contributed by atoms with van der Waals surface area (Å²) < 4.78 is 10.5. The molecule has 0 radical (unpaired) electrons. The van der Waals surface area contributed by atoms with E-state index in [1.54, 1.807) is 35.2 Å². The molecule has 0 atom stereocenters. The van der Waals surface area contributed by atoms with Crippen LogP contribution in [-0.4, -0.2) is 50.0 Å². The van der Waals surface area contributed by atoms with Gasteiger partial charge in [-0.1, -0.05) is 11.6 Å². The van der Waals surface area contributed by atoms with Crippen molar-refractivity contribution in [1.82, 2.24) is 4.90 Å². The topological polar surface area (TPSA) is 75.0 Å². The first-order valence-electron chi connectivity index (χ1n) is 9.88. The molecule has 160 valence electrons. The van der Waals surface area contributed by atoms with Crippen LogP contribution in [0.15, 0.2) is 65.3 Å². The van der Waals surface area contributed by atoms with Gasteiger partial charge in [-0.3, -0.25) is 9.59 Å². The van der Waals surface area contributed by atoms with Crippen molar-refractivity contribution in [3.63, 3.8) is 0 Å². The molecule has 1 aliphatic heterocycles. The molecule has 4 rings (SSSR count). The summed E-state index contributed by atoms with van der Waals surface area (Å²) in [5, 5.41) is 3.33. The van der Waals surface area contributed by atoms with Gasteiger partial charge in [-0.25, -0.2) is 0 Å². The van der Waals surface area contributed by atoms with E-state index in [9.17, 15) is 9.59 Å². The number of methoxy groups -OCH3 is 1. The number of hydrogen-bond acceptors (Lipinski definition) is 5. The highest BCUT2D eigenvalue weighted by atomic mass is 35.5.